The largest absolute Gasteiger partial charge is 0.463 e. The van der Waals surface area contributed by atoms with Crippen molar-refractivity contribution in [2.24, 2.45) is 5.16 Å². The Hall–Kier alpha value is -2.76. The van der Waals surface area contributed by atoms with Gasteiger partial charge in [0.1, 0.15) is 16.9 Å². The van der Waals surface area contributed by atoms with Crippen molar-refractivity contribution in [2.75, 3.05) is 23.8 Å². The van der Waals surface area contributed by atoms with Gasteiger partial charge in [-0.1, -0.05) is 28.3 Å². The van der Waals surface area contributed by atoms with Gasteiger partial charge in [-0.2, -0.15) is 9.36 Å². The first kappa shape index (κ1) is 23.0. The summed E-state index contributed by atoms with van der Waals surface area (Å²) in [7, 11) is 0. The Labute approximate surface area is 208 Å². The second kappa shape index (κ2) is 9.85. The van der Waals surface area contributed by atoms with Gasteiger partial charge in [0.05, 0.1) is 6.61 Å². The molecule has 2 unspecified atom stereocenters. The molecule has 3 aliphatic rings. The van der Waals surface area contributed by atoms with E-state index in [0.717, 1.165) is 21.4 Å². The quantitative estimate of drug-likeness (QED) is 0.152. The summed E-state index contributed by atoms with van der Waals surface area (Å²) in [5.41, 5.74) is 8.12. The highest BCUT2D eigenvalue weighted by Gasteiger charge is 2.50. The lowest BCUT2D eigenvalue weighted by Gasteiger charge is -2.47. The van der Waals surface area contributed by atoms with Gasteiger partial charge in [0.2, 0.25) is 17.6 Å². The number of carbonyl (C=O) groups is 3. The van der Waals surface area contributed by atoms with Crippen LogP contribution >= 0.6 is 46.4 Å². The molecule has 3 aliphatic heterocycles. The number of fused-ring (bicyclic) bond motifs is 1. The molecule has 3 N–H and O–H groups in total. The third-order valence-electron chi connectivity index (χ3n) is 4.88. The molecule has 5 heterocycles. The molecular weight excluding hydrogens is 525 g/mol. The molecule has 0 spiro atoms. The van der Waals surface area contributed by atoms with Crippen LogP contribution in [0.25, 0.3) is 0 Å². The number of aromatic nitrogens is 4. The van der Waals surface area contributed by atoms with E-state index in [0.29, 0.717) is 17.9 Å². The van der Waals surface area contributed by atoms with E-state index in [1.54, 1.807) is 33.9 Å². The zero-order valence-corrected chi connectivity index (χ0v) is 20.4. The summed E-state index contributed by atoms with van der Waals surface area (Å²) in [6.07, 6.45) is 1.22. The monoisotopic (exact) mass is 540 g/mol. The number of nitrogens with one attached hydrogen (secondary N) is 1. The first-order valence-corrected chi connectivity index (χ1v) is 13.5. The summed E-state index contributed by atoms with van der Waals surface area (Å²) in [5, 5.41) is 14.2. The highest BCUT2D eigenvalue weighted by molar-refractivity contribution is 8.01. The van der Waals surface area contributed by atoms with Gasteiger partial charge in [-0.3, -0.25) is 9.59 Å². The van der Waals surface area contributed by atoms with E-state index in [9.17, 15) is 14.4 Å². The van der Waals surface area contributed by atoms with Crippen LogP contribution in [-0.4, -0.2) is 83.6 Å². The Morgan fingerprint density at radius 1 is 1.44 bits per heavy atom. The summed E-state index contributed by atoms with van der Waals surface area (Å²) in [4.78, 5) is 48.2. The number of esters is 1. The van der Waals surface area contributed by atoms with Crippen molar-refractivity contribution in [3.63, 3.8) is 0 Å². The van der Waals surface area contributed by atoms with Crippen molar-refractivity contribution in [3.8, 4) is 0 Å². The molecule has 2 aromatic rings. The molecule has 178 valence electrons. The molecule has 2 saturated heterocycles. The lowest BCUT2D eigenvalue weighted by molar-refractivity contribution is -0.147. The molecular formula is C17H16N8O5S4. The van der Waals surface area contributed by atoms with Crippen molar-refractivity contribution in [2.45, 2.75) is 28.3 Å². The number of carbonyl (C=O) groups excluding carboxylic acids is 3. The van der Waals surface area contributed by atoms with Gasteiger partial charge in [-0.05, 0) is 5.57 Å². The molecule has 0 saturated carbocycles. The second-order valence-corrected chi connectivity index (χ2v) is 11.1. The van der Waals surface area contributed by atoms with Crippen LogP contribution in [0.5, 0.6) is 0 Å². The number of nitrogens with zero attached hydrogens (tertiary/aromatic N) is 6. The number of nitrogens with two attached hydrogens (primary N) is 1. The van der Waals surface area contributed by atoms with Crippen LogP contribution in [0, 0.1) is 0 Å². The predicted octanol–water partition coefficient (Wildman–Crippen LogP) is 0.0841. The minimum Gasteiger partial charge on any atom is -0.463 e. The molecule has 2 aromatic heterocycles. The van der Waals surface area contributed by atoms with E-state index in [-0.39, 0.29) is 34.6 Å². The highest BCUT2D eigenvalue weighted by Crippen LogP contribution is 2.37. The van der Waals surface area contributed by atoms with Gasteiger partial charge in [-0.15, -0.1) is 22.0 Å². The number of thioether (sulfide) groups is 2. The number of hydrogen-bond donors (Lipinski definition) is 2. The lowest BCUT2D eigenvalue weighted by Crippen LogP contribution is -2.69. The van der Waals surface area contributed by atoms with Gasteiger partial charge in [0.15, 0.2) is 9.47 Å². The Morgan fingerprint density at radius 3 is 3.03 bits per heavy atom. The number of oxime groups is 1. The summed E-state index contributed by atoms with van der Waals surface area (Å²) in [6, 6.07) is -0.747. The van der Waals surface area contributed by atoms with Crippen LogP contribution in [0.2, 0.25) is 0 Å². The minimum absolute atomic E-state index is 0.0535. The summed E-state index contributed by atoms with van der Waals surface area (Å²) >= 11 is 5.46. The van der Waals surface area contributed by atoms with Gasteiger partial charge in [-0.25, -0.2) is 4.79 Å². The Balaban J connectivity index is 1.24. The van der Waals surface area contributed by atoms with E-state index in [1.807, 2.05) is 6.20 Å². The van der Waals surface area contributed by atoms with Crippen LogP contribution in [0.1, 0.15) is 12.2 Å². The molecule has 34 heavy (non-hydrogen) atoms. The third-order valence-corrected chi connectivity index (χ3v) is 8.77. The number of β-lactam (4-membered cyclic amide) rings is 1. The maximum Gasteiger partial charge on any atom is 0.350 e. The van der Waals surface area contributed by atoms with Gasteiger partial charge in [0, 0.05) is 35.7 Å². The number of hydrogen-bond acceptors (Lipinski definition) is 15. The van der Waals surface area contributed by atoms with E-state index in [2.05, 4.69) is 30.0 Å². The molecule has 0 radical (unpaired) electrons. The minimum atomic E-state index is -0.921. The number of nitrogen functional groups attached to an aromatic ring is 1. The van der Waals surface area contributed by atoms with Crippen molar-refractivity contribution in [1.29, 1.82) is 0 Å². The van der Waals surface area contributed by atoms with E-state index in [1.165, 1.54) is 11.3 Å². The average Bonchev–Trinajstić information content (AvgIpc) is 3.59. The van der Waals surface area contributed by atoms with Crippen LogP contribution in [-0.2, 0) is 24.0 Å². The van der Waals surface area contributed by atoms with Gasteiger partial charge in [0.25, 0.3) is 11.8 Å². The van der Waals surface area contributed by atoms with Crippen molar-refractivity contribution < 1.29 is 24.0 Å². The second-order valence-electron chi connectivity index (χ2n) is 7.13. The first-order chi connectivity index (χ1) is 16.5. The Kier molecular flexibility index (Phi) is 6.66. The van der Waals surface area contributed by atoms with Crippen LogP contribution in [0.4, 0.5) is 5.13 Å². The van der Waals surface area contributed by atoms with E-state index in [4.69, 9.17) is 15.3 Å². The Bertz CT molecular complexity index is 1170. The van der Waals surface area contributed by atoms with Gasteiger partial charge < -0.3 is 25.5 Å². The maximum atomic E-state index is 13.0. The third kappa shape index (κ3) is 4.73. The number of ether oxygens (including phenoxy) is 1. The number of anilines is 1. The molecule has 0 aliphatic carbocycles. The SMILES string of the molecule is Nc1nc(C(=NOC2CCOC2=O)C(=O)NC2C(=O)N3C=C(CSc4nncs4)CS[C@@H]23)ns1. The molecule has 0 bridgehead atoms. The fourth-order valence-corrected chi connectivity index (χ4v) is 6.51. The molecule has 0 aromatic carbocycles. The molecule has 17 heteroatoms. The van der Waals surface area contributed by atoms with Crippen molar-refractivity contribution >= 4 is 75.0 Å². The van der Waals surface area contributed by atoms with E-state index < -0.39 is 24.0 Å². The normalized spacial score (nSPS) is 24.2. The average molecular weight is 541 g/mol. The summed E-state index contributed by atoms with van der Waals surface area (Å²) in [5.74, 6) is -0.153. The van der Waals surface area contributed by atoms with Crippen molar-refractivity contribution in [1.82, 2.24) is 29.8 Å². The summed E-state index contributed by atoms with van der Waals surface area (Å²) < 4.78 is 9.70. The lowest BCUT2D eigenvalue weighted by atomic mass is 10.1. The van der Waals surface area contributed by atoms with Crippen LogP contribution < -0.4 is 11.1 Å². The molecule has 2 fully saturated rings. The fourth-order valence-electron chi connectivity index (χ4n) is 3.23. The fraction of sp³-hybridized carbons (Fsp3) is 0.412. The maximum absolute atomic E-state index is 13.0. The topological polar surface area (TPSA) is 175 Å². The predicted molar refractivity (Wildman–Crippen MR) is 125 cm³/mol. The van der Waals surface area contributed by atoms with Gasteiger partial charge >= 0.3 is 5.97 Å². The molecule has 5 rings (SSSR count). The molecule has 2 amide bonds. The number of amides is 2. The molecule has 13 nitrogen and oxygen atoms in total. The van der Waals surface area contributed by atoms with Crippen LogP contribution in [0.15, 0.2) is 26.8 Å². The number of cyclic esters (lactones) is 1. The van der Waals surface area contributed by atoms with Crippen LogP contribution in [0.3, 0.4) is 0 Å². The standard InChI is InChI=1S/C17H16N8O5S4/c18-16-21-11(24-34-16)9(23-30-8-1-2-29-15(8)28)12(26)20-10-13(27)25-3-7(4-31-14(10)25)5-32-17-22-19-6-33-17/h3,6,8,10,14H,1-2,4-5H2,(H,20,26)(H2,18,21,24)/t8?,10?,14-/m0/s1. The zero-order chi connectivity index (χ0) is 23.7. The smallest absolute Gasteiger partial charge is 0.350 e. The van der Waals surface area contributed by atoms with E-state index >= 15 is 0 Å². The summed E-state index contributed by atoms with van der Waals surface area (Å²) in [6.45, 7) is 0.211. The zero-order valence-electron chi connectivity index (χ0n) is 17.2. The molecule has 3 atom stereocenters. The number of rotatable bonds is 8. The Morgan fingerprint density at radius 2 is 2.32 bits per heavy atom. The highest BCUT2D eigenvalue weighted by atomic mass is 32.2. The van der Waals surface area contributed by atoms with Crippen molar-refractivity contribution in [3.05, 3.63) is 23.1 Å². The first-order valence-electron chi connectivity index (χ1n) is 9.83.